The summed E-state index contributed by atoms with van der Waals surface area (Å²) in [5, 5.41) is 9.76. The first kappa shape index (κ1) is 12.3. The van der Waals surface area contributed by atoms with Crippen molar-refractivity contribution < 1.29 is 13.5 Å². The Kier molecular flexibility index (Phi) is 2.84. The van der Waals surface area contributed by atoms with Crippen LogP contribution in [0, 0.1) is 11.8 Å². The van der Waals surface area contributed by atoms with E-state index in [1.165, 1.54) is 0 Å². The van der Waals surface area contributed by atoms with Gasteiger partial charge in [-0.1, -0.05) is 0 Å². The number of sulfonamides is 1. The van der Waals surface area contributed by atoms with Crippen LogP contribution in [0.3, 0.4) is 0 Å². The molecule has 1 aliphatic heterocycles. The van der Waals surface area contributed by atoms with Gasteiger partial charge in [0.25, 0.3) is 0 Å². The van der Waals surface area contributed by atoms with Crippen LogP contribution >= 0.6 is 0 Å². The van der Waals surface area contributed by atoms with Gasteiger partial charge in [-0.05, 0) is 39.5 Å². The molecule has 16 heavy (non-hydrogen) atoms. The maximum absolute atomic E-state index is 12.2. The highest BCUT2D eigenvalue weighted by Gasteiger charge is 2.48. The van der Waals surface area contributed by atoms with Crippen molar-refractivity contribution in [3.8, 4) is 0 Å². The summed E-state index contributed by atoms with van der Waals surface area (Å²) >= 11 is 0. The van der Waals surface area contributed by atoms with Crippen LogP contribution in [-0.4, -0.2) is 41.8 Å². The molecule has 1 heterocycles. The van der Waals surface area contributed by atoms with Crippen LogP contribution in [0.1, 0.15) is 33.6 Å². The zero-order valence-corrected chi connectivity index (χ0v) is 11.0. The number of fused-ring (bicyclic) bond motifs is 1. The number of aliphatic hydroxyl groups excluding tert-OH is 1. The van der Waals surface area contributed by atoms with Crippen molar-refractivity contribution >= 4 is 10.0 Å². The van der Waals surface area contributed by atoms with Gasteiger partial charge in [-0.25, -0.2) is 12.7 Å². The topological polar surface area (TPSA) is 57.6 Å². The lowest BCUT2D eigenvalue weighted by Crippen LogP contribution is -2.42. The average Bonchev–Trinajstić information content (AvgIpc) is 2.67. The summed E-state index contributed by atoms with van der Waals surface area (Å²) < 4.78 is 25.3. The Morgan fingerprint density at radius 2 is 1.81 bits per heavy atom. The maximum atomic E-state index is 12.2. The van der Waals surface area contributed by atoms with Crippen molar-refractivity contribution in [2.24, 2.45) is 11.8 Å². The van der Waals surface area contributed by atoms with E-state index < -0.39 is 14.8 Å². The number of hydrogen-bond acceptors (Lipinski definition) is 3. The highest BCUT2D eigenvalue weighted by Crippen LogP contribution is 2.40. The summed E-state index contributed by atoms with van der Waals surface area (Å²) in [5.41, 5.74) is 0. The zero-order chi connectivity index (χ0) is 12.1. The smallest absolute Gasteiger partial charge is 0.219 e. The Hall–Kier alpha value is -0.130. The summed E-state index contributed by atoms with van der Waals surface area (Å²) in [5.74, 6) is 0.532. The Morgan fingerprint density at radius 1 is 1.19 bits per heavy atom. The van der Waals surface area contributed by atoms with Gasteiger partial charge in [0.15, 0.2) is 0 Å². The van der Waals surface area contributed by atoms with Crippen LogP contribution in [0.2, 0.25) is 0 Å². The summed E-state index contributed by atoms with van der Waals surface area (Å²) in [6, 6.07) is 0. The molecule has 2 fully saturated rings. The fraction of sp³-hybridized carbons (Fsp3) is 1.00. The van der Waals surface area contributed by atoms with E-state index in [1.54, 1.807) is 25.1 Å². The van der Waals surface area contributed by atoms with E-state index in [4.69, 9.17) is 0 Å². The maximum Gasteiger partial charge on any atom is 0.219 e. The molecule has 1 N–H and O–H groups in total. The molecule has 1 aliphatic carbocycles. The first-order valence-corrected chi connectivity index (χ1v) is 7.35. The highest BCUT2D eigenvalue weighted by molar-refractivity contribution is 7.90. The van der Waals surface area contributed by atoms with Crippen molar-refractivity contribution in [3.63, 3.8) is 0 Å². The predicted molar refractivity (Wildman–Crippen MR) is 62.5 cm³/mol. The quantitative estimate of drug-likeness (QED) is 0.746. The number of hydrogen-bond donors (Lipinski definition) is 1. The first-order valence-electron chi connectivity index (χ1n) is 5.91. The van der Waals surface area contributed by atoms with Gasteiger partial charge in [-0.2, -0.15) is 0 Å². The molecule has 4 nitrogen and oxygen atoms in total. The lowest BCUT2D eigenvalue weighted by Gasteiger charge is -2.27. The Bertz CT molecular complexity index is 371. The van der Waals surface area contributed by atoms with Gasteiger partial charge in [0, 0.05) is 19.0 Å². The molecule has 0 spiro atoms. The third-order valence-corrected chi connectivity index (χ3v) is 6.43. The van der Waals surface area contributed by atoms with Crippen LogP contribution in [0.5, 0.6) is 0 Å². The third-order valence-electron chi connectivity index (χ3n) is 3.90. The average molecular weight is 247 g/mol. The van der Waals surface area contributed by atoms with E-state index >= 15 is 0 Å². The lowest BCUT2D eigenvalue weighted by atomic mass is 10.00. The van der Waals surface area contributed by atoms with Gasteiger partial charge < -0.3 is 5.11 Å². The molecule has 94 valence electrons. The summed E-state index contributed by atoms with van der Waals surface area (Å²) in [6.07, 6.45) is 1.49. The molecule has 0 bridgehead atoms. The molecule has 5 heteroatoms. The lowest BCUT2D eigenvalue weighted by molar-refractivity contribution is 0.129. The number of rotatable bonds is 1. The molecule has 0 aromatic heterocycles. The van der Waals surface area contributed by atoms with Crippen LogP contribution < -0.4 is 0 Å². The standard InChI is InChI=1S/C11H21NO3S/c1-11(2,3)16(14,15)12-6-8-4-5-10(13)9(8)7-12/h8-10,13H,4-7H2,1-3H3. The summed E-state index contributed by atoms with van der Waals surface area (Å²) in [6.45, 7) is 6.29. The van der Waals surface area contributed by atoms with Crippen LogP contribution in [0.25, 0.3) is 0 Å². The van der Waals surface area contributed by atoms with Crippen molar-refractivity contribution in [3.05, 3.63) is 0 Å². The fourth-order valence-electron chi connectivity index (χ4n) is 2.78. The second-order valence-electron chi connectivity index (χ2n) is 6.00. The van der Waals surface area contributed by atoms with E-state index in [9.17, 15) is 13.5 Å². The Morgan fingerprint density at radius 3 is 2.31 bits per heavy atom. The highest BCUT2D eigenvalue weighted by atomic mass is 32.2. The normalized spacial score (nSPS) is 36.6. The first-order chi connectivity index (χ1) is 7.23. The second kappa shape index (κ2) is 3.68. The molecule has 0 aromatic carbocycles. The van der Waals surface area contributed by atoms with Crippen LogP contribution in [-0.2, 0) is 10.0 Å². The van der Waals surface area contributed by atoms with Gasteiger partial charge in [-0.3, -0.25) is 0 Å². The molecule has 0 amide bonds. The SMILES string of the molecule is CC(C)(C)S(=O)(=O)N1CC2CCC(O)C2C1. The van der Waals surface area contributed by atoms with Gasteiger partial charge >= 0.3 is 0 Å². The summed E-state index contributed by atoms with van der Waals surface area (Å²) in [7, 11) is -3.22. The van der Waals surface area contributed by atoms with E-state index in [0.29, 0.717) is 19.0 Å². The minimum atomic E-state index is -3.22. The van der Waals surface area contributed by atoms with E-state index in [1.807, 2.05) is 0 Å². The molecule has 2 rings (SSSR count). The summed E-state index contributed by atoms with van der Waals surface area (Å²) in [4.78, 5) is 0. The largest absolute Gasteiger partial charge is 0.393 e. The molecule has 1 saturated heterocycles. The molecule has 3 unspecified atom stereocenters. The van der Waals surface area contributed by atoms with E-state index in [2.05, 4.69) is 0 Å². The van der Waals surface area contributed by atoms with Gasteiger partial charge in [-0.15, -0.1) is 0 Å². The molecular formula is C11H21NO3S. The molecule has 0 radical (unpaired) electrons. The number of nitrogens with zero attached hydrogens (tertiary/aromatic N) is 1. The molecule has 2 aliphatic rings. The van der Waals surface area contributed by atoms with Crippen LogP contribution in [0.4, 0.5) is 0 Å². The van der Waals surface area contributed by atoms with Crippen molar-refractivity contribution in [2.45, 2.75) is 44.5 Å². The van der Waals surface area contributed by atoms with Gasteiger partial charge in [0.05, 0.1) is 10.9 Å². The van der Waals surface area contributed by atoms with Gasteiger partial charge in [0.1, 0.15) is 0 Å². The predicted octanol–water partition coefficient (Wildman–Crippen LogP) is 0.817. The van der Waals surface area contributed by atoms with Crippen molar-refractivity contribution in [2.75, 3.05) is 13.1 Å². The van der Waals surface area contributed by atoms with Crippen molar-refractivity contribution in [1.82, 2.24) is 4.31 Å². The molecule has 1 saturated carbocycles. The van der Waals surface area contributed by atoms with Crippen LogP contribution in [0.15, 0.2) is 0 Å². The minimum absolute atomic E-state index is 0.164. The molecule has 0 aromatic rings. The van der Waals surface area contributed by atoms with Gasteiger partial charge in [0.2, 0.25) is 10.0 Å². The Labute approximate surface area is 97.7 Å². The van der Waals surface area contributed by atoms with E-state index in [-0.39, 0.29) is 12.0 Å². The zero-order valence-electron chi connectivity index (χ0n) is 10.2. The third kappa shape index (κ3) is 1.79. The Balaban J connectivity index is 2.16. The van der Waals surface area contributed by atoms with Crippen molar-refractivity contribution in [1.29, 1.82) is 0 Å². The van der Waals surface area contributed by atoms with E-state index in [0.717, 1.165) is 12.8 Å². The molecule has 3 atom stereocenters. The second-order valence-corrected chi connectivity index (χ2v) is 8.69. The fourth-order valence-corrected chi connectivity index (χ4v) is 4.31. The minimum Gasteiger partial charge on any atom is -0.393 e. The molecular weight excluding hydrogens is 226 g/mol. The monoisotopic (exact) mass is 247 g/mol. The number of aliphatic hydroxyl groups is 1.